The molecule has 148 valence electrons. The number of rotatable bonds is 8. The maximum Gasteiger partial charge on any atom is 0.317 e. The molecule has 0 saturated heterocycles. The van der Waals surface area contributed by atoms with Gasteiger partial charge >= 0.3 is 6.03 Å². The summed E-state index contributed by atoms with van der Waals surface area (Å²) in [5.41, 5.74) is 1.08. The second kappa shape index (κ2) is 9.16. The zero-order valence-corrected chi connectivity index (χ0v) is 16.5. The second-order valence-corrected chi connectivity index (χ2v) is 6.77. The number of carbonyl (C=O) groups excluding carboxylic acids is 1. The van der Waals surface area contributed by atoms with E-state index in [-0.39, 0.29) is 12.1 Å². The number of urea groups is 1. The maximum absolute atomic E-state index is 12.7. The highest BCUT2D eigenvalue weighted by atomic mass is 16.5. The SMILES string of the molecule is Cc1nc(CCN(C)C(=O)N[C@@H](CCn2ccnc2C)c2ccccc2)no1. The van der Waals surface area contributed by atoms with Crippen LogP contribution >= 0.6 is 0 Å². The van der Waals surface area contributed by atoms with Crippen molar-refractivity contribution in [2.24, 2.45) is 0 Å². The Morgan fingerprint density at radius 1 is 1.29 bits per heavy atom. The van der Waals surface area contributed by atoms with Gasteiger partial charge in [-0.2, -0.15) is 4.98 Å². The van der Waals surface area contributed by atoms with Crippen molar-refractivity contribution in [3.05, 3.63) is 65.8 Å². The summed E-state index contributed by atoms with van der Waals surface area (Å²) in [4.78, 5) is 22.8. The number of hydrogen-bond acceptors (Lipinski definition) is 5. The van der Waals surface area contributed by atoms with Crippen molar-refractivity contribution >= 4 is 6.03 Å². The predicted octanol–water partition coefficient (Wildman–Crippen LogP) is 2.90. The molecule has 0 aliphatic heterocycles. The Kier molecular flexibility index (Phi) is 6.41. The van der Waals surface area contributed by atoms with E-state index in [2.05, 4.69) is 25.0 Å². The number of likely N-dealkylation sites (N-methyl/N-ethyl adjacent to an activating group) is 1. The van der Waals surface area contributed by atoms with E-state index in [1.165, 1.54) is 0 Å². The molecule has 8 heteroatoms. The van der Waals surface area contributed by atoms with E-state index >= 15 is 0 Å². The van der Waals surface area contributed by atoms with Gasteiger partial charge in [-0.25, -0.2) is 9.78 Å². The van der Waals surface area contributed by atoms with Crippen molar-refractivity contribution < 1.29 is 9.32 Å². The lowest BCUT2D eigenvalue weighted by Crippen LogP contribution is -2.40. The number of aromatic nitrogens is 4. The third-order valence-electron chi connectivity index (χ3n) is 4.67. The molecule has 2 aromatic heterocycles. The second-order valence-electron chi connectivity index (χ2n) is 6.77. The van der Waals surface area contributed by atoms with Crippen LogP contribution in [0.3, 0.4) is 0 Å². The quantitative estimate of drug-likeness (QED) is 0.647. The molecule has 2 heterocycles. The fraction of sp³-hybridized carbons (Fsp3) is 0.400. The van der Waals surface area contributed by atoms with Crippen LogP contribution in [0.2, 0.25) is 0 Å². The number of carbonyl (C=O) groups is 1. The summed E-state index contributed by atoms with van der Waals surface area (Å²) in [6, 6.07) is 9.79. The molecule has 0 saturated carbocycles. The van der Waals surface area contributed by atoms with Gasteiger partial charge in [-0.3, -0.25) is 0 Å². The summed E-state index contributed by atoms with van der Waals surface area (Å²) in [7, 11) is 1.77. The molecule has 28 heavy (non-hydrogen) atoms. The van der Waals surface area contributed by atoms with Crippen LogP contribution in [0.1, 0.15) is 35.6 Å². The number of imidazole rings is 1. The molecule has 3 rings (SSSR count). The predicted molar refractivity (Wildman–Crippen MR) is 105 cm³/mol. The minimum Gasteiger partial charge on any atom is -0.340 e. The summed E-state index contributed by atoms with van der Waals surface area (Å²) in [5, 5.41) is 7.01. The van der Waals surface area contributed by atoms with Crippen LogP contribution in [0.4, 0.5) is 4.79 Å². The molecule has 3 aromatic rings. The van der Waals surface area contributed by atoms with E-state index in [1.54, 1.807) is 25.1 Å². The van der Waals surface area contributed by atoms with E-state index in [4.69, 9.17) is 4.52 Å². The van der Waals surface area contributed by atoms with E-state index in [9.17, 15) is 4.79 Å². The normalized spacial score (nSPS) is 12.0. The molecule has 2 amide bonds. The van der Waals surface area contributed by atoms with Crippen LogP contribution in [-0.4, -0.2) is 44.2 Å². The summed E-state index contributed by atoms with van der Waals surface area (Å²) in [5.74, 6) is 2.10. The van der Waals surface area contributed by atoms with Gasteiger partial charge in [0.25, 0.3) is 0 Å². The summed E-state index contributed by atoms with van der Waals surface area (Å²) in [6.45, 7) is 5.01. The minimum absolute atomic E-state index is 0.0923. The summed E-state index contributed by atoms with van der Waals surface area (Å²) >= 11 is 0. The molecule has 0 fully saturated rings. The van der Waals surface area contributed by atoms with Crippen LogP contribution in [0.25, 0.3) is 0 Å². The zero-order valence-electron chi connectivity index (χ0n) is 16.5. The van der Waals surface area contributed by atoms with Crippen LogP contribution in [0.15, 0.2) is 47.2 Å². The first-order chi connectivity index (χ1) is 13.5. The van der Waals surface area contributed by atoms with Gasteiger partial charge in [0.15, 0.2) is 5.82 Å². The first kappa shape index (κ1) is 19.6. The number of amides is 2. The number of nitrogens with one attached hydrogen (secondary N) is 1. The number of aryl methyl sites for hydroxylation is 3. The lowest BCUT2D eigenvalue weighted by molar-refractivity contribution is 0.203. The topological polar surface area (TPSA) is 89.1 Å². The largest absolute Gasteiger partial charge is 0.340 e. The maximum atomic E-state index is 12.7. The van der Waals surface area contributed by atoms with Gasteiger partial charge in [0.05, 0.1) is 6.04 Å². The fourth-order valence-corrected chi connectivity index (χ4v) is 2.99. The Balaban J connectivity index is 1.60. The highest BCUT2D eigenvalue weighted by Gasteiger charge is 2.18. The number of hydrogen-bond donors (Lipinski definition) is 1. The van der Waals surface area contributed by atoms with Gasteiger partial charge in [-0.05, 0) is 18.9 Å². The van der Waals surface area contributed by atoms with Crippen LogP contribution in [0, 0.1) is 13.8 Å². The first-order valence-corrected chi connectivity index (χ1v) is 9.36. The van der Waals surface area contributed by atoms with Crippen LogP contribution in [0.5, 0.6) is 0 Å². The Bertz CT molecular complexity index is 889. The van der Waals surface area contributed by atoms with Crippen molar-refractivity contribution in [3.63, 3.8) is 0 Å². The minimum atomic E-state index is -0.128. The molecule has 1 aromatic carbocycles. The third kappa shape index (κ3) is 5.18. The van der Waals surface area contributed by atoms with Gasteiger partial charge in [-0.15, -0.1) is 0 Å². The highest BCUT2D eigenvalue weighted by Crippen LogP contribution is 2.18. The molecule has 0 unspecified atom stereocenters. The molecule has 1 atom stereocenters. The van der Waals surface area contributed by atoms with E-state index in [0.29, 0.717) is 24.7 Å². The van der Waals surface area contributed by atoms with Gasteiger partial charge in [0.1, 0.15) is 5.82 Å². The van der Waals surface area contributed by atoms with Crippen molar-refractivity contribution in [1.29, 1.82) is 0 Å². The van der Waals surface area contributed by atoms with Crippen molar-refractivity contribution in [1.82, 2.24) is 29.9 Å². The molecular weight excluding hydrogens is 356 g/mol. The van der Waals surface area contributed by atoms with Gasteiger partial charge in [-0.1, -0.05) is 35.5 Å². The van der Waals surface area contributed by atoms with E-state index in [1.807, 2.05) is 43.5 Å². The van der Waals surface area contributed by atoms with Gasteiger partial charge in [0.2, 0.25) is 5.89 Å². The van der Waals surface area contributed by atoms with E-state index < -0.39 is 0 Å². The number of benzene rings is 1. The third-order valence-corrected chi connectivity index (χ3v) is 4.67. The fourth-order valence-electron chi connectivity index (χ4n) is 2.99. The smallest absolute Gasteiger partial charge is 0.317 e. The molecule has 1 N–H and O–H groups in total. The zero-order chi connectivity index (χ0) is 19.9. The molecule has 0 aliphatic carbocycles. The molecule has 0 spiro atoms. The first-order valence-electron chi connectivity index (χ1n) is 9.36. The van der Waals surface area contributed by atoms with Crippen LogP contribution < -0.4 is 5.32 Å². The Morgan fingerprint density at radius 3 is 2.71 bits per heavy atom. The standard InChI is InChI=1S/C20H26N6O2/c1-15-21-11-14-26(15)13-9-18(17-7-5-4-6-8-17)23-20(27)25(3)12-10-19-22-16(2)28-24-19/h4-8,11,14,18H,9-10,12-13H2,1-3H3,(H,23,27)/t18-/m0/s1. The Morgan fingerprint density at radius 2 is 2.07 bits per heavy atom. The molecule has 0 radical (unpaired) electrons. The van der Waals surface area contributed by atoms with Crippen LogP contribution in [-0.2, 0) is 13.0 Å². The Hall–Kier alpha value is -3.16. The monoisotopic (exact) mass is 382 g/mol. The lowest BCUT2D eigenvalue weighted by Gasteiger charge is -2.24. The molecular formula is C20H26N6O2. The molecule has 0 aliphatic rings. The summed E-state index contributed by atoms with van der Waals surface area (Å²) < 4.78 is 7.06. The van der Waals surface area contributed by atoms with Crippen molar-refractivity contribution in [2.75, 3.05) is 13.6 Å². The highest BCUT2D eigenvalue weighted by molar-refractivity contribution is 5.74. The molecule has 8 nitrogen and oxygen atoms in total. The van der Waals surface area contributed by atoms with Crippen molar-refractivity contribution in [3.8, 4) is 0 Å². The van der Waals surface area contributed by atoms with E-state index in [0.717, 1.165) is 24.4 Å². The van der Waals surface area contributed by atoms with Gasteiger partial charge in [0, 0.05) is 45.9 Å². The van der Waals surface area contributed by atoms with Gasteiger partial charge < -0.3 is 19.3 Å². The number of nitrogens with zero attached hydrogens (tertiary/aromatic N) is 5. The van der Waals surface area contributed by atoms with Crippen molar-refractivity contribution in [2.45, 2.75) is 39.3 Å². The average Bonchev–Trinajstić information content (AvgIpc) is 3.31. The Labute approximate surface area is 164 Å². The summed E-state index contributed by atoms with van der Waals surface area (Å²) in [6.07, 6.45) is 5.06. The average molecular weight is 382 g/mol. The molecule has 0 bridgehead atoms. The lowest BCUT2D eigenvalue weighted by atomic mass is 10.0.